The Bertz CT molecular complexity index is 918. The summed E-state index contributed by atoms with van der Waals surface area (Å²) in [5.74, 6) is 5.66. The molecule has 0 aromatic heterocycles. The lowest BCUT2D eigenvalue weighted by Gasteiger charge is -2.58. The maximum Gasteiger partial charge on any atom is 0.186 e. The average Bonchev–Trinajstić information content (AvgIpc) is 3.30. The summed E-state index contributed by atoms with van der Waals surface area (Å²) in [6.45, 7) is 14.5. The predicted molar refractivity (Wildman–Crippen MR) is 161 cm³/mol. The van der Waals surface area contributed by atoms with Gasteiger partial charge in [0.05, 0.1) is 12.7 Å². The Labute approximate surface area is 249 Å². The monoisotopic (exact) mass is 576 g/mol. The topological polar surface area (TPSA) is 99.4 Å². The van der Waals surface area contributed by atoms with Crippen LogP contribution in [0.1, 0.15) is 112 Å². The molecule has 1 saturated heterocycles. The van der Waals surface area contributed by atoms with Gasteiger partial charge in [0.25, 0.3) is 0 Å². The second kappa shape index (κ2) is 12.5. The minimum atomic E-state index is -1.40. The summed E-state index contributed by atoms with van der Waals surface area (Å²) in [7, 11) is 0. The molecular weight excluding hydrogens is 516 g/mol. The largest absolute Gasteiger partial charge is 0.394 e. The summed E-state index contributed by atoms with van der Waals surface area (Å²) in [4.78, 5) is 0. The summed E-state index contributed by atoms with van der Waals surface area (Å²) in [5.41, 5.74) is 2.19. The van der Waals surface area contributed by atoms with Crippen LogP contribution in [0.25, 0.3) is 0 Å². The third kappa shape index (κ3) is 5.73. The van der Waals surface area contributed by atoms with Crippen molar-refractivity contribution in [2.24, 2.45) is 52.3 Å². The molecule has 0 bridgehead atoms. The van der Waals surface area contributed by atoms with Gasteiger partial charge in [-0.25, -0.2) is 0 Å². The van der Waals surface area contributed by atoms with Gasteiger partial charge in [0.2, 0.25) is 0 Å². The van der Waals surface area contributed by atoms with Gasteiger partial charge in [-0.3, -0.25) is 0 Å². The van der Waals surface area contributed by atoms with Crippen LogP contribution in [0.3, 0.4) is 0 Å². The van der Waals surface area contributed by atoms with Gasteiger partial charge in [0, 0.05) is 0 Å². The Hall–Kier alpha value is -0.500. The van der Waals surface area contributed by atoms with Crippen molar-refractivity contribution in [1.82, 2.24) is 0 Å². The van der Waals surface area contributed by atoms with Crippen LogP contribution in [0.5, 0.6) is 0 Å². The number of hydrogen-bond acceptors (Lipinski definition) is 6. The van der Waals surface area contributed by atoms with Gasteiger partial charge in [-0.1, -0.05) is 66.0 Å². The van der Waals surface area contributed by atoms with Crippen molar-refractivity contribution in [3.05, 3.63) is 11.6 Å². The smallest absolute Gasteiger partial charge is 0.186 e. The molecule has 1 heterocycles. The van der Waals surface area contributed by atoms with Gasteiger partial charge in [-0.05, 0) is 110 Å². The number of allylic oxidation sites excluding steroid dienone is 1. The molecule has 3 saturated carbocycles. The molecular formula is C35H60O6. The number of aliphatic hydroxyl groups is 4. The van der Waals surface area contributed by atoms with E-state index in [2.05, 4.69) is 47.6 Å². The van der Waals surface area contributed by atoms with Gasteiger partial charge in [0.15, 0.2) is 6.29 Å². The lowest BCUT2D eigenvalue weighted by Crippen LogP contribution is -2.60. The first-order chi connectivity index (χ1) is 19.4. The summed E-state index contributed by atoms with van der Waals surface area (Å²) in [6, 6.07) is 0. The number of rotatable bonds is 9. The number of hydrogen-bond donors (Lipinski definition) is 4. The molecule has 236 valence electrons. The minimum Gasteiger partial charge on any atom is -0.394 e. The third-order valence-corrected chi connectivity index (χ3v) is 13.5. The second-order valence-electron chi connectivity index (χ2n) is 15.7. The van der Waals surface area contributed by atoms with Crippen molar-refractivity contribution in [1.29, 1.82) is 0 Å². The number of ether oxygens (including phenoxy) is 2. The number of fused-ring (bicyclic) bond motifs is 5. The van der Waals surface area contributed by atoms with E-state index in [-0.39, 0.29) is 11.5 Å². The first-order valence-electron chi connectivity index (χ1n) is 17.1. The summed E-state index contributed by atoms with van der Waals surface area (Å²) in [6.07, 6.45) is 9.92. The standard InChI is InChI=1S/C35H60O6/c1-7-22(20(2)3)9-8-21(4)26-12-13-27-25-11-10-23-18-24(14-16-34(23,5)28(25)15-17-35(26,27)6)40-33-32(39)31(38)30(37)29(19-36)41-33/h10,20-22,24-33,36-39H,7-9,11-19H2,1-6H3/t21-,22-,24+,25+,26+,27+,28+,29+,30-,31+,32+,33-,34+,35-/m1/s1. The highest BCUT2D eigenvalue weighted by Gasteiger charge is 2.59. The van der Waals surface area contributed by atoms with E-state index in [0.717, 1.165) is 60.7 Å². The van der Waals surface area contributed by atoms with Crippen molar-refractivity contribution in [3.63, 3.8) is 0 Å². The Morgan fingerprint density at radius 1 is 0.951 bits per heavy atom. The van der Waals surface area contributed by atoms with E-state index >= 15 is 0 Å². The maximum absolute atomic E-state index is 10.5. The van der Waals surface area contributed by atoms with Crippen LogP contribution in [0.4, 0.5) is 0 Å². The summed E-state index contributed by atoms with van der Waals surface area (Å²) < 4.78 is 11.9. The second-order valence-corrected chi connectivity index (χ2v) is 15.7. The molecule has 5 aliphatic rings. The van der Waals surface area contributed by atoms with Crippen LogP contribution in [0.15, 0.2) is 11.6 Å². The molecule has 0 aromatic rings. The Kier molecular flexibility index (Phi) is 9.71. The highest BCUT2D eigenvalue weighted by atomic mass is 16.7. The lowest BCUT2D eigenvalue weighted by molar-refractivity contribution is -0.313. The fraction of sp³-hybridized carbons (Fsp3) is 0.943. The molecule has 4 fully saturated rings. The van der Waals surface area contributed by atoms with E-state index in [9.17, 15) is 20.4 Å². The van der Waals surface area contributed by atoms with Gasteiger partial charge >= 0.3 is 0 Å². The zero-order valence-electron chi connectivity index (χ0n) is 26.7. The Balaban J connectivity index is 1.24. The normalized spacial score (nSPS) is 47.7. The molecule has 5 rings (SSSR count). The third-order valence-electron chi connectivity index (χ3n) is 13.5. The summed E-state index contributed by atoms with van der Waals surface area (Å²) in [5, 5.41) is 40.4. The van der Waals surface area contributed by atoms with Crippen LogP contribution in [-0.4, -0.2) is 63.8 Å². The van der Waals surface area contributed by atoms with Crippen LogP contribution < -0.4 is 0 Å². The molecule has 1 aliphatic heterocycles. The zero-order chi connectivity index (χ0) is 29.7. The first-order valence-corrected chi connectivity index (χ1v) is 17.1. The van der Waals surface area contributed by atoms with Gasteiger partial charge in [-0.15, -0.1) is 0 Å². The van der Waals surface area contributed by atoms with Gasteiger partial charge in [-0.2, -0.15) is 0 Å². The molecule has 0 amide bonds. The van der Waals surface area contributed by atoms with Crippen molar-refractivity contribution in [2.45, 2.75) is 149 Å². The van der Waals surface area contributed by atoms with E-state index in [0.29, 0.717) is 5.41 Å². The van der Waals surface area contributed by atoms with E-state index in [1.54, 1.807) is 0 Å². The fourth-order valence-electron chi connectivity index (χ4n) is 10.8. The minimum absolute atomic E-state index is 0.101. The van der Waals surface area contributed by atoms with Crippen molar-refractivity contribution >= 4 is 0 Å². The van der Waals surface area contributed by atoms with Gasteiger partial charge < -0.3 is 29.9 Å². The van der Waals surface area contributed by atoms with Crippen LogP contribution in [0.2, 0.25) is 0 Å². The highest BCUT2D eigenvalue weighted by Crippen LogP contribution is 2.67. The molecule has 6 heteroatoms. The number of aliphatic hydroxyl groups excluding tert-OH is 4. The quantitative estimate of drug-likeness (QED) is 0.257. The SMILES string of the molecule is CC[C@H](CC[C@@H](C)[C@@H]1CC[C@H]2[C@@H]3CC=C4C[C@@H](O[C@@H]5O[C@@H](CO)[C@@H](O)[C@H](O)[C@@H]5O)CC[C@]4(C)[C@H]3CC[C@@]21C)C(C)C. The molecule has 6 nitrogen and oxygen atoms in total. The van der Waals surface area contributed by atoms with Crippen LogP contribution >= 0.6 is 0 Å². The van der Waals surface area contributed by atoms with Crippen molar-refractivity contribution < 1.29 is 29.9 Å². The summed E-state index contributed by atoms with van der Waals surface area (Å²) >= 11 is 0. The van der Waals surface area contributed by atoms with E-state index < -0.39 is 37.3 Å². The molecule has 4 aliphatic carbocycles. The molecule has 41 heavy (non-hydrogen) atoms. The Morgan fingerprint density at radius 3 is 2.39 bits per heavy atom. The van der Waals surface area contributed by atoms with E-state index in [1.807, 2.05) is 0 Å². The lowest BCUT2D eigenvalue weighted by atomic mass is 9.47. The van der Waals surface area contributed by atoms with Gasteiger partial charge in [0.1, 0.15) is 24.4 Å². The van der Waals surface area contributed by atoms with Crippen LogP contribution in [0, 0.1) is 52.3 Å². The van der Waals surface area contributed by atoms with Crippen molar-refractivity contribution in [2.75, 3.05) is 6.61 Å². The highest BCUT2D eigenvalue weighted by molar-refractivity contribution is 5.25. The maximum atomic E-state index is 10.5. The molecule has 0 unspecified atom stereocenters. The first kappa shape index (κ1) is 31.9. The molecule has 0 radical (unpaired) electrons. The predicted octanol–water partition coefficient (Wildman–Crippen LogP) is 5.85. The zero-order valence-corrected chi connectivity index (χ0v) is 26.7. The van der Waals surface area contributed by atoms with E-state index in [4.69, 9.17) is 9.47 Å². The molecule has 0 spiro atoms. The molecule has 14 atom stereocenters. The average molecular weight is 577 g/mol. The van der Waals surface area contributed by atoms with E-state index in [1.165, 1.54) is 56.9 Å². The molecule has 0 aromatic carbocycles. The Morgan fingerprint density at radius 2 is 1.71 bits per heavy atom. The van der Waals surface area contributed by atoms with Crippen LogP contribution in [-0.2, 0) is 9.47 Å². The molecule has 4 N–H and O–H groups in total. The fourth-order valence-corrected chi connectivity index (χ4v) is 10.8. The van der Waals surface area contributed by atoms with Crippen molar-refractivity contribution in [3.8, 4) is 0 Å².